The molecular weight excluding hydrogens is 258 g/mol. The summed E-state index contributed by atoms with van der Waals surface area (Å²) in [4.78, 5) is 0. The number of nitrogens with one attached hydrogen (secondary N) is 1. The van der Waals surface area contributed by atoms with E-state index in [1.54, 1.807) is 11.3 Å². The van der Waals surface area contributed by atoms with Crippen LogP contribution in [0.15, 0.2) is 24.3 Å². The van der Waals surface area contributed by atoms with E-state index in [-0.39, 0.29) is 6.10 Å². The smallest absolute Gasteiger partial charge is 0.158 e. The van der Waals surface area contributed by atoms with Crippen LogP contribution in [0.1, 0.15) is 34.5 Å². The number of nitrogens with zero attached hydrogens (tertiary/aromatic N) is 2. The summed E-state index contributed by atoms with van der Waals surface area (Å²) in [6.45, 7) is 0.835. The van der Waals surface area contributed by atoms with Gasteiger partial charge in [0.05, 0.1) is 0 Å². The van der Waals surface area contributed by atoms with Gasteiger partial charge in [0.25, 0.3) is 0 Å². The van der Waals surface area contributed by atoms with Crippen LogP contribution in [-0.2, 0) is 13.0 Å². The van der Waals surface area contributed by atoms with E-state index >= 15 is 0 Å². The molecule has 98 valence electrons. The molecule has 1 N–H and O–H groups in total. The number of ether oxygens (including phenoxy) is 1. The molecule has 5 heteroatoms. The van der Waals surface area contributed by atoms with E-state index in [0.717, 1.165) is 28.7 Å². The normalized spacial score (nSPS) is 21.2. The molecule has 0 amide bonds. The third-order valence-electron chi connectivity index (χ3n) is 3.52. The maximum absolute atomic E-state index is 5.93. The van der Waals surface area contributed by atoms with Crippen LogP contribution >= 0.6 is 11.3 Å². The molecule has 4 rings (SSSR count). The van der Waals surface area contributed by atoms with Gasteiger partial charge in [-0.2, -0.15) is 0 Å². The first-order valence-electron chi connectivity index (χ1n) is 6.69. The SMILES string of the molecule is c1ccc2c(c1)CC(c1nnc(CNC3CC3)s1)O2. The molecule has 0 saturated heterocycles. The van der Waals surface area contributed by atoms with Crippen LogP contribution in [0, 0.1) is 0 Å². The van der Waals surface area contributed by atoms with Crippen molar-refractivity contribution in [3.8, 4) is 5.75 Å². The summed E-state index contributed by atoms with van der Waals surface area (Å²) >= 11 is 1.66. The summed E-state index contributed by atoms with van der Waals surface area (Å²) < 4.78 is 5.93. The molecule has 1 unspecified atom stereocenters. The van der Waals surface area contributed by atoms with E-state index in [1.165, 1.54) is 18.4 Å². The van der Waals surface area contributed by atoms with Crippen LogP contribution in [0.4, 0.5) is 0 Å². The summed E-state index contributed by atoms with van der Waals surface area (Å²) in [6.07, 6.45) is 3.55. The minimum absolute atomic E-state index is 0.0459. The summed E-state index contributed by atoms with van der Waals surface area (Å²) in [6, 6.07) is 8.90. The van der Waals surface area contributed by atoms with E-state index in [2.05, 4.69) is 27.6 Å². The van der Waals surface area contributed by atoms with Crippen molar-refractivity contribution in [2.24, 2.45) is 0 Å². The zero-order valence-electron chi connectivity index (χ0n) is 10.5. The van der Waals surface area contributed by atoms with Gasteiger partial charge in [0.15, 0.2) is 11.1 Å². The van der Waals surface area contributed by atoms with E-state index in [4.69, 9.17) is 4.74 Å². The molecule has 1 aliphatic carbocycles. The van der Waals surface area contributed by atoms with Crippen LogP contribution in [-0.4, -0.2) is 16.2 Å². The number of fused-ring (bicyclic) bond motifs is 1. The molecule has 0 bridgehead atoms. The number of aromatic nitrogens is 2. The largest absolute Gasteiger partial charge is 0.483 e. The molecule has 0 radical (unpaired) electrons. The highest BCUT2D eigenvalue weighted by Gasteiger charge is 2.27. The molecule has 19 heavy (non-hydrogen) atoms. The number of benzene rings is 1. The maximum Gasteiger partial charge on any atom is 0.158 e. The molecule has 1 fully saturated rings. The van der Waals surface area contributed by atoms with Crippen molar-refractivity contribution < 1.29 is 4.74 Å². The van der Waals surface area contributed by atoms with E-state index in [0.29, 0.717) is 6.04 Å². The van der Waals surface area contributed by atoms with Gasteiger partial charge in [0.2, 0.25) is 0 Å². The fourth-order valence-electron chi connectivity index (χ4n) is 2.31. The summed E-state index contributed by atoms with van der Waals surface area (Å²) in [5.74, 6) is 0.986. The van der Waals surface area contributed by atoms with Crippen LogP contribution in [0.3, 0.4) is 0 Å². The second kappa shape index (κ2) is 4.58. The second-order valence-electron chi connectivity index (χ2n) is 5.11. The Bertz CT molecular complexity index is 569. The highest BCUT2D eigenvalue weighted by Crippen LogP contribution is 2.37. The van der Waals surface area contributed by atoms with Gasteiger partial charge in [0, 0.05) is 19.0 Å². The van der Waals surface area contributed by atoms with Gasteiger partial charge < -0.3 is 10.1 Å². The molecule has 1 saturated carbocycles. The predicted molar refractivity (Wildman–Crippen MR) is 73.3 cm³/mol. The van der Waals surface area contributed by atoms with Crippen molar-refractivity contribution >= 4 is 11.3 Å². The molecule has 1 atom stereocenters. The summed E-state index contributed by atoms with van der Waals surface area (Å²) in [7, 11) is 0. The zero-order chi connectivity index (χ0) is 12.7. The Balaban J connectivity index is 1.45. The van der Waals surface area contributed by atoms with E-state index in [1.807, 2.05) is 12.1 Å². The quantitative estimate of drug-likeness (QED) is 0.929. The summed E-state index contributed by atoms with van der Waals surface area (Å²) in [5, 5.41) is 14.0. The first-order valence-corrected chi connectivity index (χ1v) is 7.50. The fourth-order valence-corrected chi connectivity index (χ4v) is 3.13. The lowest BCUT2D eigenvalue weighted by molar-refractivity contribution is 0.237. The molecule has 1 aromatic carbocycles. The van der Waals surface area contributed by atoms with Crippen LogP contribution < -0.4 is 10.1 Å². The van der Waals surface area contributed by atoms with Gasteiger partial charge in [-0.1, -0.05) is 29.5 Å². The first-order chi connectivity index (χ1) is 9.38. The number of rotatable bonds is 4. The molecule has 0 spiro atoms. The summed E-state index contributed by atoms with van der Waals surface area (Å²) in [5.41, 5.74) is 1.26. The van der Waals surface area contributed by atoms with Crippen LogP contribution in [0.25, 0.3) is 0 Å². The maximum atomic E-state index is 5.93. The average molecular weight is 273 g/mol. The lowest BCUT2D eigenvalue weighted by Crippen LogP contribution is -2.14. The molecule has 2 aliphatic rings. The van der Waals surface area contributed by atoms with E-state index in [9.17, 15) is 0 Å². The van der Waals surface area contributed by atoms with Crippen molar-refractivity contribution in [1.82, 2.24) is 15.5 Å². The minimum Gasteiger partial charge on any atom is -0.483 e. The molecular formula is C14H15N3OS. The Morgan fingerprint density at radius 1 is 1.26 bits per heavy atom. The molecule has 2 heterocycles. The monoisotopic (exact) mass is 273 g/mol. The Labute approximate surface area is 115 Å². The van der Waals surface area contributed by atoms with Crippen LogP contribution in [0.2, 0.25) is 0 Å². The lowest BCUT2D eigenvalue weighted by atomic mass is 10.1. The standard InChI is InChI=1S/C14H15N3OS/c1-2-4-11-9(3-1)7-12(18-11)14-17-16-13(19-14)8-15-10-5-6-10/h1-4,10,12,15H,5-8H2. The van der Waals surface area contributed by atoms with E-state index < -0.39 is 0 Å². The Morgan fingerprint density at radius 3 is 3.00 bits per heavy atom. The predicted octanol–water partition coefficient (Wildman–Crippen LogP) is 2.47. The van der Waals surface area contributed by atoms with Crippen LogP contribution in [0.5, 0.6) is 5.75 Å². The topological polar surface area (TPSA) is 47.0 Å². The molecule has 1 aromatic heterocycles. The second-order valence-corrected chi connectivity index (χ2v) is 6.20. The molecule has 1 aliphatic heterocycles. The minimum atomic E-state index is 0.0459. The van der Waals surface area contributed by atoms with Crippen molar-refractivity contribution in [3.05, 3.63) is 39.8 Å². The molecule has 2 aromatic rings. The highest BCUT2D eigenvalue weighted by atomic mass is 32.1. The number of para-hydroxylation sites is 1. The van der Waals surface area contributed by atoms with Gasteiger partial charge in [-0.05, 0) is 24.5 Å². The first kappa shape index (κ1) is 11.4. The third-order valence-corrected chi connectivity index (χ3v) is 4.54. The highest BCUT2D eigenvalue weighted by molar-refractivity contribution is 7.11. The number of hydrogen-bond acceptors (Lipinski definition) is 5. The Kier molecular flexibility index (Phi) is 2.74. The van der Waals surface area contributed by atoms with Gasteiger partial charge in [-0.3, -0.25) is 0 Å². The number of hydrogen-bond donors (Lipinski definition) is 1. The van der Waals surface area contributed by atoms with Crippen molar-refractivity contribution in [1.29, 1.82) is 0 Å². The lowest BCUT2D eigenvalue weighted by Gasteiger charge is -2.05. The van der Waals surface area contributed by atoms with Gasteiger partial charge in [-0.15, -0.1) is 10.2 Å². The van der Waals surface area contributed by atoms with Gasteiger partial charge in [-0.25, -0.2) is 0 Å². The van der Waals surface area contributed by atoms with Gasteiger partial charge >= 0.3 is 0 Å². The average Bonchev–Trinajstić information content (AvgIpc) is 2.99. The van der Waals surface area contributed by atoms with Crippen molar-refractivity contribution in [3.63, 3.8) is 0 Å². The van der Waals surface area contributed by atoms with Gasteiger partial charge in [0.1, 0.15) is 10.8 Å². The Hall–Kier alpha value is -1.46. The molecule has 4 nitrogen and oxygen atoms in total. The zero-order valence-corrected chi connectivity index (χ0v) is 11.3. The third kappa shape index (κ3) is 2.35. The van der Waals surface area contributed by atoms with Crippen molar-refractivity contribution in [2.45, 2.75) is 38.0 Å². The fraction of sp³-hybridized carbons (Fsp3) is 0.429. The van der Waals surface area contributed by atoms with Crippen molar-refractivity contribution in [2.75, 3.05) is 0 Å². The Morgan fingerprint density at radius 2 is 2.16 bits per heavy atom.